The van der Waals surface area contributed by atoms with Gasteiger partial charge in [-0.2, -0.15) is 0 Å². The number of carbonyl (C=O) groups is 1. The first-order chi connectivity index (χ1) is 9.24. The van der Waals surface area contributed by atoms with Crippen molar-refractivity contribution in [3.8, 4) is 0 Å². The number of anilines is 1. The molecule has 2 unspecified atom stereocenters. The van der Waals surface area contributed by atoms with Crippen molar-refractivity contribution in [1.82, 2.24) is 5.32 Å². The number of fused-ring (bicyclic) bond motifs is 1. The Hall–Kier alpha value is -1.35. The summed E-state index contributed by atoms with van der Waals surface area (Å²) in [4.78, 5) is 14.8. The quantitative estimate of drug-likeness (QED) is 0.884. The molecule has 3 nitrogen and oxygen atoms in total. The van der Waals surface area contributed by atoms with Gasteiger partial charge in [0.15, 0.2) is 0 Å². The van der Waals surface area contributed by atoms with E-state index in [4.69, 9.17) is 0 Å². The minimum atomic E-state index is 0.0679. The molecule has 0 spiro atoms. The third kappa shape index (κ3) is 1.96. The lowest BCUT2D eigenvalue weighted by molar-refractivity contribution is -0.120. The van der Waals surface area contributed by atoms with Gasteiger partial charge in [-0.25, -0.2) is 0 Å². The highest BCUT2D eigenvalue weighted by atomic mass is 16.2. The Morgan fingerprint density at radius 2 is 2.16 bits per heavy atom. The molecule has 0 radical (unpaired) electrons. The zero-order valence-electron chi connectivity index (χ0n) is 11.7. The van der Waals surface area contributed by atoms with Crippen molar-refractivity contribution in [2.24, 2.45) is 5.92 Å². The number of para-hydroxylation sites is 1. The average Bonchev–Trinajstić information content (AvgIpc) is 2.71. The fourth-order valence-corrected chi connectivity index (χ4v) is 3.54. The minimum absolute atomic E-state index is 0.0679. The van der Waals surface area contributed by atoms with Gasteiger partial charge in [-0.1, -0.05) is 32.0 Å². The van der Waals surface area contributed by atoms with Crippen LogP contribution in [-0.2, 0) is 4.79 Å². The lowest BCUT2D eigenvalue weighted by Crippen LogP contribution is -2.50. The van der Waals surface area contributed by atoms with E-state index >= 15 is 0 Å². The Morgan fingerprint density at radius 1 is 1.37 bits per heavy atom. The number of nitrogens with zero attached hydrogens (tertiary/aromatic N) is 1. The van der Waals surface area contributed by atoms with Crippen molar-refractivity contribution in [1.29, 1.82) is 0 Å². The van der Waals surface area contributed by atoms with Crippen LogP contribution in [0.25, 0.3) is 0 Å². The van der Waals surface area contributed by atoms with E-state index in [1.54, 1.807) is 0 Å². The molecule has 19 heavy (non-hydrogen) atoms. The molecule has 102 valence electrons. The van der Waals surface area contributed by atoms with Crippen LogP contribution in [0.1, 0.15) is 38.2 Å². The van der Waals surface area contributed by atoms with Crippen LogP contribution in [0.3, 0.4) is 0 Å². The monoisotopic (exact) mass is 258 g/mol. The maximum atomic E-state index is 12.7. The van der Waals surface area contributed by atoms with Gasteiger partial charge in [-0.3, -0.25) is 4.79 Å². The third-order valence-electron chi connectivity index (χ3n) is 4.59. The van der Waals surface area contributed by atoms with Gasteiger partial charge in [0, 0.05) is 11.7 Å². The van der Waals surface area contributed by atoms with Crippen molar-refractivity contribution < 1.29 is 4.79 Å². The predicted octanol–water partition coefficient (Wildman–Crippen LogP) is 2.52. The van der Waals surface area contributed by atoms with E-state index in [9.17, 15) is 4.79 Å². The first-order valence-electron chi connectivity index (χ1n) is 7.36. The fourth-order valence-electron chi connectivity index (χ4n) is 3.54. The predicted molar refractivity (Wildman–Crippen MR) is 77.4 cm³/mol. The van der Waals surface area contributed by atoms with E-state index in [0.29, 0.717) is 17.9 Å². The summed E-state index contributed by atoms with van der Waals surface area (Å²) in [6, 6.07) is 8.67. The molecule has 1 amide bonds. The number of nitrogens with one attached hydrogen (secondary N) is 1. The maximum absolute atomic E-state index is 12.7. The summed E-state index contributed by atoms with van der Waals surface area (Å²) >= 11 is 0. The molecule has 3 rings (SSSR count). The average molecular weight is 258 g/mol. The molecule has 3 atom stereocenters. The Balaban J connectivity index is 1.99. The smallest absolute Gasteiger partial charge is 0.234 e. The first kappa shape index (κ1) is 12.7. The molecule has 1 aromatic carbocycles. The molecule has 1 N–H and O–H groups in total. The van der Waals surface area contributed by atoms with Gasteiger partial charge >= 0.3 is 0 Å². The Bertz CT molecular complexity index is 485. The molecule has 1 aromatic rings. The summed E-state index contributed by atoms with van der Waals surface area (Å²) in [6.45, 7) is 6.37. The van der Waals surface area contributed by atoms with Gasteiger partial charge in [0.2, 0.25) is 5.91 Å². The van der Waals surface area contributed by atoms with Gasteiger partial charge in [-0.05, 0) is 43.5 Å². The zero-order valence-corrected chi connectivity index (χ0v) is 11.7. The lowest BCUT2D eigenvalue weighted by atomic mass is 9.93. The summed E-state index contributed by atoms with van der Waals surface area (Å²) in [7, 11) is 0. The van der Waals surface area contributed by atoms with Crippen LogP contribution >= 0.6 is 0 Å². The van der Waals surface area contributed by atoms with Crippen molar-refractivity contribution >= 4 is 11.6 Å². The summed E-state index contributed by atoms with van der Waals surface area (Å²) in [5, 5.41) is 3.41. The molecule has 1 fully saturated rings. The third-order valence-corrected chi connectivity index (χ3v) is 4.59. The highest BCUT2D eigenvalue weighted by molar-refractivity contribution is 6.05. The van der Waals surface area contributed by atoms with Gasteiger partial charge in [-0.15, -0.1) is 0 Å². The van der Waals surface area contributed by atoms with Crippen molar-refractivity contribution in [3.05, 3.63) is 29.8 Å². The number of hydrogen-bond donors (Lipinski definition) is 1. The molecule has 0 bridgehead atoms. The minimum Gasteiger partial charge on any atom is -0.316 e. The molecule has 0 aromatic heterocycles. The summed E-state index contributed by atoms with van der Waals surface area (Å²) in [5.41, 5.74) is 2.37. The largest absolute Gasteiger partial charge is 0.316 e. The Labute approximate surface area is 115 Å². The van der Waals surface area contributed by atoms with Crippen LogP contribution in [0.2, 0.25) is 0 Å². The molecule has 1 saturated heterocycles. The van der Waals surface area contributed by atoms with E-state index in [1.165, 1.54) is 5.56 Å². The van der Waals surface area contributed by atoms with Crippen LogP contribution in [0.4, 0.5) is 5.69 Å². The number of amides is 1. The second kappa shape index (κ2) is 4.97. The molecular weight excluding hydrogens is 236 g/mol. The Kier molecular flexibility index (Phi) is 3.31. The van der Waals surface area contributed by atoms with E-state index < -0.39 is 0 Å². The second-order valence-corrected chi connectivity index (χ2v) is 5.77. The molecule has 2 heterocycles. The highest BCUT2D eigenvalue weighted by Crippen LogP contribution is 2.41. The number of piperidine rings is 1. The standard InChI is InChI=1S/C16H22N2O/c1-3-12-13-6-4-5-7-15(13)18(16(12)19)14-8-9-17-10-11(14)2/h4-7,11-12,14,17H,3,8-10H2,1-2H3/t11-,12?,14?/m1/s1. The van der Waals surface area contributed by atoms with Crippen LogP contribution < -0.4 is 10.2 Å². The maximum Gasteiger partial charge on any atom is 0.234 e. The van der Waals surface area contributed by atoms with Gasteiger partial charge < -0.3 is 10.2 Å². The SMILES string of the molecule is CCC1C(=O)N(C2CCNC[C@H]2C)c2ccccc21. The van der Waals surface area contributed by atoms with Crippen LogP contribution in [0.15, 0.2) is 24.3 Å². The molecule has 2 aliphatic heterocycles. The van der Waals surface area contributed by atoms with Crippen molar-refractivity contribution in [2.45, 2.75) is 38.6 Å². The normalized spacial score (nSPS) is 30.5. The number of carbonyl (C=O) groups excluding carboxylic acids is 1. The summed E-state index contributed by atoms with van der Waals surface area (Å²) < 4.78 is 0. The number of hydrogen-bond acceptors (Lipinski definition) is 2. The van der Waals surface area contributed by atoms with Crippen LogP contribution in [-0.4, -0.2) is 25.0 Å². The van der Waals surface area contributed by atoms with Crippen LogP contribution in [0, 0.1) is 5.92 Å². The van der Waals surface area contributed by atoms with E-state index in [1.807, 2.05) is 12.1 Å². The van der Waals surface area contributed by atoms with Gasteiger partial charge in [0.05, 0.1) is 5.92 Å². The highest BCUT2D eigenvalue weighted by Gasteiger charge is 2.41. The number of benzene rings is 1. The van der Waals surface area contributed by atoms with E-state index in [2.05, 4.69) is 36.2 Å². The topological polar surface area (TPSA) is 32.3 Å². The van der Waals surface area contributed by atoms with E-state index in [0.717, 1.165) is 31.6 Å². The molecular formula is C16H22N2O. The molecule has 0 aliphatic carbocycles. The Morgan fingerprint density at radius 3 is 2.89 bits per heavy atom. The molecule has 2 aliphatic rings. The van der Waals surface area contributed by atoms with E-state index in [-0.39, 0.29) is 5.92 Å². The van der Waals surface area contributed by atoms with Gasteiger partial charge in [0.1, 0.15) is 0 Å². The van der Waals surface area contributed by atoms with Gasteiger partial charge in [0.25, 0.3) is 0 Å². The second-order valence-electron chi connectivity index (χ2n) is 5.77. The van der Waals surface area contributed by atoms with Crippen molar-refractivity contribution in [3.63, 3.8) is 0 Å². The van der Waals surface area contributed by atoms with Crippen LogP contribution in [0.5, 0.6) is 0 Å². The fraction of sp³-hybridized carbons (Fsp3) is 0.562. The first-order valence-corrected chi connectivity index (χ1v) is 7.36. The molecule has 3 heteroatoms. The zero-order chi connectivity index (χ0) is 13.4. The lowest BCUT2D eigenvalue weighted by Gasteiger charge is -2.37. The number of rotatable bonds is 2. The molecule has 0 saturated carbocycles. The van der Waals surface area contributed by atoms with Crippen molar-refractivity contribution in [2.75, 3.05) is 18.0 Å². The summed E-state index contributed by atoms with van der Waals surface area (Å²) in [6.07, 6.45) is 1.95. The summed E-state index contributed by atoms with van der Waals surface area (Å²) in [5.74, 6) is 0.891.